The summed E-state index contributed by atoms with van der Waals surface area (Å²) >= 11 is 0. The Hall–Kier alpha value is -1.14. The van der Waals surface area contributed by atoms with Crippen LogP contribution in [0.2, 0.25) is 0 Å². The van der Waals surface area contributed by atoms with Gasteiger partial charge in [-0.25, -0.2) is 0 Å². The molecule has 0 atom stereocenters. The normalized spacial score (nSPS) is 16.0. The van der Waals surface area contributed by atoms with E-state index in [9.17, 15) is 9.59 Å². The summed E-state index contributed by atoms with van der Waals surface area (Å²) in [6, 6.07) is 0. The lowest BCUT2D eigenvalue weighted by atomic mass is 10.3. The largest absolute Gasteiger partial charge is 0.395 e. The van der Waals surface area contributed by atoms with Gasteiger partial charge in [-0.05, 0) is 19.4 Å². The zero-order valence-electron chi connectivity index (χ0n) is 11.7. The van der Waals surface area contributed by atoms with E-state index in [1.807, 2.05) is 6.92 Å². The number of aliphatic hydroxyl groups excluding tert-OH is 1. The quantitative estimate of drug-likeness (QED) is 0.657. The molecule has 0 bridgehead atoms. The Kier molecular flexibility index (Phi) is 7.43. The SMILES string of the molecule is CCCCN(CCO)C(=O)C(=O)N1CCCNCC1. The summed E-state index contributed by atoms with van der Waals surface area (Å²) in [4.78, 5) is 27.4. The lowest BCUT2D eigenvalue weighted by Crippen LogP contribution is -2.47. The Labute approximate surface area is 114 Å². The maximum absolute atomic E-state index is 12.2. The number of hydrogen-bond acceptors (Lipinski definition) is 4. The van der Waals surface area contributed by atoms with Crippen LogP contribution in [0.4, 0.5) is 0 Å². The predicted octanol–water partition coefficient (Wildman–Crippen LogP) is -0.571. The summed E-state index contributed by atoms with van der Waals surface area (Å²) in [7, 11) is 0. The fourth-order valence-electron chi connectivity index (χ4n) is 2.10. The van der Waals surface area contributed by atoms with Crippen molar-refractivity contribution < 1.29 is 14.7 Å². The summed E-state index contributed by atoms with van der Waals surface area (Å²) in [5, 5.41) is 12.2. The van der Waals surface area contributed by atoms with Gasteiger partial charge in [0.2, 0.25) is 0 Å². The van der Waals surface area contributed by atoms with Gasteiger partial charge in [0.25, 0.3) is 0 Å². The Balaban J connectivity index is 2.57. The summed E-state index contributed by atoms with van der Waals surface area (Å²) in [6.45, 7) is 5.50. The van der Waals surface area contributed by atoms with Gasteiger partial charge in [-0.15, -0.1) is 0 Å². The van der Waals surface area contributed by atoms with Crippen molar-refractivity contribution in [3.8, 4) is 0 Å². The molecule has 2 amide bonds. The molecule has 1 saturated heterocycles. The molecule has 0 unspecified atom stereocenters. The number of nitrogens with zero attached hydrogens (tertiary/aromatic N) is 2. The standard InChI is InChI=1S/C13H25N3O3/c1-2-3-7-16(10-11-17)13(19)12(18)15-8-4-5-14-6-9-15/h14,17H,2-11H2,1H3. The van der Waals surface area contributed by atoms with Gasteiger partial charge in [0.1, 0.15) is 0 Å². The first-order valence-corrected chi connectivity index (χ1v) is 7.10. The van der Waals surface area contributed by atoms with E-state index in [2.05, 4.69) is 5.32 Å². The second-order valence-electron chi connectivity index (χ2n) is 4.77. The number of carbonyl (C=O) groups is 2. The number of nitrogens with one attached hydrogen (secondary N) is 1. The monoisotopic (exact) mass is 271 g/mol. The second-order valence-corrected chi connectivity index (χ2v) is 4.77. The zero-order chi connectivity index (χ0) is 14.1. The Morgan fingerprint density at radius 3 is 2.74 bits per heavy atom. The first-order valence-electron chi connectivity index (χ1n) is 7.10. The second kappa shape index (κ2) is 8.87. The molecule has 6 nitrogen and oxygen atoms in total. The van der Waals surface area contributed by atoms with Crippen molar-refractivity contribution in [3.63, 3.8) is 0 Å². The van der Waals surface area contributed by atoms with Crippen molar-refractivity contribution in [2.24, 2.45) is 0 Å². The van der Waals surface area contributed by atoms with E-state index in [-0.39, 0.29) is 13.2 Å². The van der Waals surface area contributed by atoms with Crippen LogP contribution in [0, 0.1) is 0 Å². The van der Waals surface area contributed by atoms with Gasteiger partial charge in [-0.2, -0.15) is 0 Å². The molecule has 110 valence electrons. The van der Waals surface area contributed by atoms with Crippen molar-refractivity contribution in [2.45, 2.75) is 26.2 Å². The first-order chi connectivity index (χ1) is 9.20. The zero-order valence-corrected chi connectivity index (χ0v) is 11.7. The fourth-order valence-corrected chi connectivity index (χ4v) is 2.10. The Bertz CT molecular complexity index is 289. The van der Waals surface area contributed by atoms with E-state index in [1.54, 1.807) is 4.90 Å². The predicted molar refractivity (Wildman–Crippen MR) is 72.6 cm³/mol. The average molecular weight is 271 g/mol. The number of carbonyl (C=O) groups excluding carboxylic acids is 2. The van der Waals surface area contributed by atoms with Crippen LogP contribution in [0.15, 0.2) is 0 Å². The first kappa shape index (κ1) is 15.9. The topological polar surface area (TPSA) is 72.9 Å². The maximum Gasteiger partial charge on any atom is 0.312 e. The molecule has 0 spiro atoms. The van der Waals surface area contributed by atoms with E-state index >= 15 is 0 Å². The number of unbranched alkanes of at least 4 members (excludes halogenated alkanes) is 1. The molecule has 6 heteroatoms. The van der Waals surface area contributed by atoms with Gasteiger partial charge < -0.3 is 20.2 Å². The average Bonchev–Trinajstić information content (AvgIpc) is 2.70. The van der Waals surface area contributed by atoms with Crippen LogP contribution in [0.3, 0.4) is 0 Å². The van der Waals surface area contributed by atoms with Crippen LogP contribution in [0.1, 0.15) is 26.2 Å². The summed E-state index contributed by atoms with van der Waals surface area (Å²) in [5.74, 6) is -0.919. The van der Waals surface area contributed by atoms with Gasteiger partial charge in [-0.3, -0.25) is 9.59 Å². The third kappa shape index (κ3) is 5.16. The van der Waals surface area contributed by atoms with Crippen LogP contribution in [-0.4, -0.2) is 72.6 Å². The maximum atomic E-state index is 12.2. The van der Waals surface area contributed by atoms with Crippen LogP contribution in [0.5, 0.6) is 0 Å². The molecule has 1 aliphatic heterocycles. The number of rotatable bonds is 5. The molecule has 0 aliphatic carbocycles. The number of amides is 2. The lowest BCUT2D eigenvalue weighted by molar-refractivity contribution is -0.152. The lowest BCUT2D eigenvalue weighted by Gasteiger charge is -2.25. The molecule has 0 radical (unpaired) electrons. The van der Waals surface area contributed by atoms with E-state index in [0.29, 0.717) is 19.6 Å². The molecule has 19 heavy (non-hydrogen) atoms. The molecule has 0 aromatic carbocycles. The van der Waals surface area contributed by atoms with Crippen molar-refractivity contribution in [2.75, 3.05) is 45.9 Å². The molecule has 1 rings (SSSR count). The van der Waals surface area contributed by atoms with Gasteiger partial charge in [0.05, 0.1) is 6.61 Å². The minimum absolute atomic E-state index is 0.107. The molecule has 0 aromatic rings. The highest BCUT2D eigenvalue weighted by Gasteiger charge is 2.26. The molecule has 0 saturated carbocycles. The van der Waals surface area contributed by atoms with Gasteiger partial charge >= 0.3 is 11.8 Å². The minimum atomic E-state index is -0.482. The van der Waals surface area contributed by atoms with Crippen molar-refractivity contribution in [3.05, 3.63) is 0 Å². The highest BCUT2D eigenvalue weighted by molar-refractivity contribution is 6.34. The van der Waals surface area contributed by atoms with E-state index < -0.39 is 11.8 Å². The molecule has 1 fully saturated rings. The smallest absolute Gasteiger partial charge is 0.312 e. The Morgan fingerprint density at radius 1 is 1.26 bits per heavy atom. The molecule has 0 aromatic heterocycles. The van der Waals surface area contributed by atoms with Gasteiger partial charge in [0.15, 0.2) is 0 Å². The molecular formula is C13H25N3O3. The van der Waals surface area contributed by atoms with E-state index in [4.69, 9.17) is 5.11 Å². The molecule has 1 heterocycles. The van der Waals surface area contributed by atoms with Crippen LogP contribution in [-0.2, 0) is 9.59 Å². The van der Waals surface area contributed by atoms with Gasteiger partial charge in [0, 0.05) is 32.7 Å². The van der Waals surface area contributed by atoms with Crippen molar-refractivity contribution in [1.29, 1.82) is 0 Å². The summed E-state index contributed by atoms with van der Waals surface area (Å²) in [5.41, 5.74) is 0. The minimum Gasteiger partial charge on any atom is -0.395 e. The number of hydrogen-bond donors (Lipinski definition) is 2. The molecule has 2 N–H and O–H groups in total. The van der Waals surface area contributed by atoms with Crippen LogP contribution >= 0.6 is 0 Å². The highest BCUT2D eigenvalue weighted by atomic mass is 16.3. The summed E-state index contributed by atoms with van der Waals surface area (Å²) < 4.78 is 0. The van der Waals surface area contributed by atoms with Crippen molar-refractivity contribution in [1.82, 2.24) is 15.1 Å². The molecular weight excluding hydrogens is 246 g/mol. The van der Waals surface area contributed by atoms with E-state index in [1.165, 1.54) is 4.90 Å². The van der Waals surface area contributed by atoms with Crippen molar-refractivity contribution >= 4 is 11.8 Å². The van der Waals surface area contributed by atoms with Gasteiger partial charge in [-0.1, -0.05) is 13.3 Å². The third-order valence-corrected chi connectivity index (χ3v) is 3.25. The fraction of sp³-hybridized carbons (Fsp3) is 0.846. The number of aliphatic hydroxyl groups is 1. The van der Waals surface area contributed by atoms with Crippen LogP contribution < -0.4 is 5.32 Å². The van der Waals surface area contributed by atoms with E-state index in [0.717, 1.165) is 32.4 Å². The third-order valence-electron chi connectivity index (χ3n) is 3.25. The summed E-state index contributed by atoms with van der Waals surface area (Å²) in [6.07, 6.45) is 2.67. The Morgan fingerprint density at radius 2 is 2.05 bits per heavy atom. The highest BCUT2D eigenvalue weighted by Crippen LogP contribution is 2.02. The molecule has 1 aliphatic rings. The van der Waals surface area contributed by atoms with Crippen LogP contribution in [0.25, 0.3) is 0 Å².